The zero-order valence-electron chi connectivity index (χ0n) is 12.9. The lowest BCUT2D eigenvalue weighted by Gasteiger charge is -2.17. The minimum Gasteiger partial charge on any atom is -0.380 e. The van der Waals surface area contributed by atoms with Crippen LogP contribution in [0.15, 0.2) is 48.0 Å². The molecule has 0 amide bonds. The molecule has 3 aromatic rings. The lowest BCUT2D eigenvalue weighted by molar-refractivity contribution is 0.600. The third-order valence-electron chi connectivity index (χ3n) is 3.62. The number of nitrogens with one attached hydrogen (secondary N) is 1. The molecule has 0 aliphatic rings. The molecule has 3 rings (SSSR count). The van der Waals surface area contributed by atoms with E-state index in [-0.39, 0.29) is 0 Å². The lowest BCUT2D eigenvalue weighted by atomic mass is 10.2. The largest absolute Gasteiger partial charge is 0.380 e. The molecule has 0 saturated heterocycles. The molecule has 0 radical (unpaired) electrons. The van der Waals surface area contributed by atoms with E-state index in [2.05, 4.69) is 10.3 Å². The maximum atomic E-state index is 11.5. The summed E-state index contributed by atoms with van der Waals surface area (Å²) >= 11 is 1.66. The number of hydrogen-bond donors (Lipinski definition) is 1. The van der Waals surface area contributed by atoms with E-state index in [1.165, 1.54) is 10.6 Å². The van der Waals surface area contributed by atoms with Crippen LogP contribution in [0.25, 0.3) is 10.2 Å². The highest BCUT2D eigenvalue weighted by atomic mass is 32.2. The van der Waals surface area contributed by atoms with Crippen molar-refractivity contribution in [3.05, 3.63) is 53.5 Å². The predicted octanol–water partition coefficient (Wildman–Crippen LogP) is 3.30. The second-order valence-electron chi connectivity index (χ2n) is 5.24. The van der Waals surface area contributed by atoms with Gasteiger partial charge in [0, 0.05) is 19.8 Å². The Morgan fingerprint density at radius 3 is 2.61 bits per heavy atom. The van der Waals surface area contributed by atoms with E-state index >= 15 is 0 Å². The quantitative estimate of drug-likeness (QED) is 0.769. The van der Waals surface area contributed by atoms with Crippen molar-refractivity contribution in [3.63, 3.8) is 0 Å². The molecule has 0 fully saturated rings. The van der Waals surface area contributed by atoms with E-state index in [1.54, 1.807) is 24.6 Å². The Kier molecular flexibility index (Phi) is 4.23. The molecule has 0 aliphatic carbocycles. The smallest absolute Gasteiger partial charge is 0.231 e. The van der Waals surface area contributed by atoms with Crippen molar-refractivity contribution in [2.75, 3.05) is 22.9 Å². The summed E-state index contributed by atoms with van der Waals surface area (Å²) < 4.78 is 25.5. The van der Waals surface area contributed by atoms with Gasteiger partial charge in [-0.3, -0.25) is 9.29 Å². The number of anilines is 2. The Balaban J connectivity index is 1.73. The Bertz CT molecular complexity index is 918. The van der Waals surface area contributed by atoms with Gasteiger partial charge in [-0.25, -0.2) is 8.42 Å². The summed E-state index contributed by atoms with van der Waals surface area (Å²) in [7, 11) is -1.68. The van der Waals surface area contributed by atoms with Gasteiger partial charge in [0.2, 0.25) is 10.0 Å². The van der Waals surface area contributed by atoms with Gasteiger partial charge in [-0.1, -0.05) is 12.1 Å². The molecule has 2 heterocycles. The molecule has 120 valence electrons. The third kappa shape index (κ3) is 3.46. The van der Waals surface area contributed by atoms with E-state index in [0.29, 0.717) is 12.2 Å². The molecule has 7 heteroatoms. The summed E-state index contributed by atoms with van der Waals surface area (Å²) in [5.41, 5.74) is 3.78. The molecule has 2 aromatic heterocycles. The number of rotatable bonds is 5. The topological polar surface area (TPSA) is 62.3 Å². The van der Waals surface area contributed by atoms with Crippen molar-refractivity contribution in [3.8, 4) is 0 Å². The molecule has 23 heavy (non-hydrogen) atoms. The van der Waals surface area contributed by atoms with Gasteiger partial charge in [-0.15, -0.1) is 11.3 Å². The van der Waals surface area contributed by atoms with Crippen molar-refractivity contribution in [2.24, 2.45) is 0 Å². The van der Waals surface area contributed by atoms with Crippen LogP contribution in [0.2, 0.25) is 0 Å². The number of benzene rings is 1. The Morgan fingerprint density at radius 2 is 1.91 bits per heavy atom. The normalized spacial score (nSPS) is 11.6. The van der Waals surface area contributed by atoms with Crippen molar-refractivity contribution in [1.82, 2.24) is 4.98 Å². The van der Waals surface area contributed by atoms with Crippen LogP contribution in [0.3, 0.4) is 0 Å². The van der Waals surface area contributed by atoms with Gasteiger partial charge in [0.15, 0.2) is 0 Å². The number of fused-ring (bicyclic) bond motifs is 1. The van der Waals surface area contributed by atoms with E-state index in [1.807, 2.05) is 41.8 Å². The van der Waals surface area contributed by atoms with Gasteiger partial charge >= 0.3 is 0 Å². The molecule has 0 saturated carbocycles. The first-order chi connectivity index (χ1) is 10.9. The van der Waals surface area contributed by atoms with Gasteiger partial charge in [0.25, 0.3) is 0 Å². The SMILES string of the molecule is CN(c1ccc(CNc2ccnc3ccsc23)cc1)S(C)(=O)=O. The first kappa shape index (κ1) is 15.8. The van der Waals surface area contributed by atoms with Gasteiger partial charge in [-0.2, -0.15) is 0 Å². The minimum atomic E-state index is -3.23. The first-order valence-electron chi connectivity index (χ1n) is 7.04. The third-order valence-corrected chi connectivity index (χ3v) is 5.77. The molecule has 5 nitrogen and oxygen atoms in total. The molecule has 0 bridgehead atoms. The van der Waals surface area contributed by atoms with Gasteiger partial charge in [-0.05, 0) is 35.2 Å². The molecular formula is C16H17N3O2S2. The molecule has 0 aliphatic heterocycles. The average Bonchev–Trinajstić information content (AvgIpc) is 3.01. The van der Waals surface area contributed by atoms with Crippen LogP contribution in [0.5, 0.6) is 0 Å². The highest BCUT2D eigenvalue weighted by molar-refractivity contribution is 7.92. The monoisotopic (exact) mass is 347 g/mol. The van der Waals surface area contributed by atoms with Gasteiger partial charge < -0.3 is 5.32 Å². The van der Waals surface area contributed by atoms with Crippen LogP contribution >= 0.6 is 11.3 Å². The average molecular weight is 347 g/mol. The van der Waals surface area contributed by atoms with E-state index in [0.717, 1.165) is 21.5 Å². The summed E-state index contributed by atoms with van der Waals surface area (Å²) in [6.45, 7) is 0.667. The number of pyridine rings is 1. The van der Waals surface area contributed by atoms with Crippen LogP contribution in [0, 0.1) is 0 Å². The molecule has 1 N–H and O–H groups in total. The number of aromatic nitrogens is 1. The van der Waals surface area contributed by atoms with Gasteiger partial charge in [0.05, 0.1) is 27.8 Å². The van der Waals surface area contributed by atoms with Crippen LogP contribution in [0.4, 0.5) is 11.4 Å². The Morgan fingerprint density at radius 1 is 1.17 bits per heavy atom. The second kappa shape index (κ2) is 6.17. The van der Waals surface area contributed by atoms with E-state index in [9.17, 15) is 8.42 Å². The van der Waals surface area contributed by atoms with Crippen LogP contribution in [-0.4, -0.2) is 26.7 Å². The Hall–Kier alpha value is -2.12. The zero-order chi connectivity index (χ0) is 16.4. The second-order valence-corrected chi connectivity index (χ2v) is 8.17. The standard InChI is InChI=1S/C16H17N3O2S2/c1-19(23(2,20)21)13-5-3-12(4-6-13)11-18-14-7-9-17-15-8-10-22-16(14)15/h3-10H,11H2,1-2H3,(H,17,18). The minimum absolute atomic E-state index is 0.654. The number of sulfonamides is 1. The zero-order valence-corrected chi connectivity index (χ0v) is 14.5. The maximum Gasteiger partial charge on any atom is 0.231 e. The molecule has 0 spiro atoms. The number of nitrogens with zero attached hydrogens (tertiary/aromatic N) is 2. The van der Waals surface area contributed by atoms with Crippen molar-refractivity contribution in [1.29, 1.82) is 0 Å². The number of thiophene rings is 1. The van der Waals surface area contributed by atoms with Crippen molar-refractivity contribution in [2.45, 2.75) is 6.54 Å². The summed E-state index contributed by atoms with van der Waals surface area (Å²) in [6.07, 6.45) is 2.99. The summed E-state index contributed by atoms with van der Waals surface area (Å²) in [5, 5.41) is 5.43. The first-order valence-corrected chi connectivity index (χ1v) is 9.77. The summed E-state index contributed by atoms with van der Waals surface area (Å²) in [4.78, 5) is 4.32. The van der Waals surface area contributed by atoms with Crippen LogP contribution in [0.1, 0.15) is 5.56 Å². The number of hydrogen-bond acceptors (Lipinski definition) is 5. The van der Waals surface area contributed by atoms with Crippen LogP contribution in [-0.2, 0) is 16.6 Å². The fourth-order valence-corrected chi connectivity index (χ4v) is 3.57. The Labute approximate surface area is 139 Å². The lowest BCUT2D eigenvalue weighted by Crippen LogP contribution is -2.24. The predicted molar refractivity (Wildman–Crippen MR) is 96.6 cm³/mol. The maximum absolute atomic E-state index is 11.5. The van der Waals surface area contributed by atoms with E-state index < -0.39 is 10.0 Å². The molecule has 1 aromatic carbocycles. The van der Waals surface area contributed by atoms with Gasteiger partial charge in [0.1, 0.15) is 0 Å². The van der Waals surface area contributed by atoms with Crippen molar-refractivity contribution < 1.29 is 8.42 Å². The fraction of sp³-hybridized carbons (Fsp3) is 0.188. The highest BCUT2D eigenvalue weighted by Crippen LogP contribution is 2.27. The fourth-order valence-electron chi connectivity index (χ4n) is 2.23. The highest BCUT2D eigenvalue weighted by Gasteiger charge is 2.11. The molecule has 0 atom stereocenters. The van der Waals surface area contributed by atoms with E-state index in [4.69, 9.17) is 0 Å². The molecule has 0 unspecified atom stereocenters. The van der Waals surface area contributed by atoms with Crippen molar-refractivity contribution >= 4 is 43.0 Å². The molecular weight excluding hydrogens is 330 g/mol. The van der Waals surface area contributed by atoms with Crippen LogP contribution < -0.4 is 9.62 Å². The summed E-state index contributed by atoms with van der Waals surface area (Å²) in [5.74, 6) is 0. The summed E-state index contributed by atoms with van der Waals surface area (Å²) in [6, 6.07) is 11.4.